The number of hydrogen-bond acceptors (Lipinski definition) is 5. The van der Waals surface area contributed by atoms with Crippen molar-refractivity contribution in [2.24, 2.45) is 11.7 Å². The molecule has 0 atom stereocenters. The van der Waals surface area contributed by atoms with Crippen LogP contribution in [0.3, 0.4) is 0 Å². The minimum absolute atomic E-state index is 0.0168. The van der Waals surface area contributed by atoms with Gasteiger partial charge < -0.3 is 16.0 Å². The molecule has 1 fully saturated rings. The van der Waals surface area contributed by atoms with E-state index in [0.29, 0.717) is 23.1 Å². The van der Waals surface area contributed by atoms with Crippen LogP contribution in [0.2, 0.25) is 0 Å². The number of aromatic nitrogens is 2. The van der Waals surface area contributed by atoms with Gasteiger partial charge in [0, 0.05) is 12.0 Å². The number of amides is 1. The molecule has 0 aliphatic heterocycles. The molecule has 2 heterocycles. The number of nitrogens with zero attached hydrogens (tertiary/aromatic N) is 1. The van der Waals surface area contributed by atoms with Crippen LogP contribution in [-0.2, 0) is 11.3 Å². The lowest BCUT2D eigenvalue weighted by molar-refractivity contribution is -0.122. The summed E-state index contributed by atoms with van der Waals surface area (Å²) in [6.45, 7) is 0.535. The summed E-state index contributed by atoms with van der Waals surface area (Å²) in [6.07, 6.45) is 3.53. The summed E-state index contributed by atoms with van der Waals surface area (Å²) in [5.41, 5.74) is 6.00. The van der Waals surface area contributed by atoms with E-state index in [9.17, 15) is 9.59 Å². The van der Waals surface area contributed by atoms with Crippen LogP contribution in [0, 0.1) is 5.92 Å². The third kappa shape index (κ3) is 3.14. The molecule has 2 aromatic heterocycles. The summed E-state index contributed by atoms with van der Waals surface area (Å²) in [5, 5.41) is 5.27. The molecule has 0 saturated heterocycles. The van der Waals surface area contributed by atoms with Crippen molar-refractivity contribution in [1.29, 1.82) is 0 Å². The third-order valence-electron chi connectivity index (χ3n) is 4.05. The molecule has 0 unspecified atom stereocenters. The molecule has 4 N–H and O–H groups in total. The Morgan fingerprint density at radius 3 is 2.90 bits per heavy atom. The fraction of sp³-hybridized carbons (Fsp3) is 0.500. The van der Waals surface area contributed by atoms with Gasteiger partial charge in [-0.15, -0.1) is 11.3 Å². The highest BCUT2D eigenvalue weighted by Crippen LogP contribution is 2.24. The van der Waals surface area contributed by atoms with E-state index < -0.39 is 0 Å². The van der Waals surface area contributed by atoms with E-state index in [-0.39, 0.29) is 17.4 Å². The maximum atomic E-state index is 11.9. The summed E-state index contributed by atoms with van der Waals surface area (Å²) in [7, 11) is 0. The van der Waals surface area contributed by atoms with Gasteiger partial charge in [-0.25, -0.2) is 4.98 Å². The minimum Gasteiger partial charge on any atom is -0.369 e. The maximum absolute atomic E-state index is 11.9. The second-order valence-corrected chi connectivity index (χ2v) is 6.40. The molecule has 3 rings (SSSR count). The quantitative estimate of drug-likeness (QED) is 0.788. The van der Waals surface area contributed by atoms with Gasteiger partial charge in [0.2, 0.25) is 5.91 Å². The van der Waals surface area contributed by atoms with Gasteiger partial charge in [0.1, 0.15) is 10.5 Å². The van der Waals surface area contributed by atoms with E-state index >= 15 is 0 Å². The molecule has 1 aliphatic rings. The van der Waals surface area contributed by atoms with Crippen LogP contribution in [0.25, 0.3) is 10.2 Å². The second kappa shape index (κ2) is 5.95. The van der Waals surface area contributed by atoms with Gasteiger partial charge in [-0.05, 0) is 37.1 Å². The van der Waals surface area contributed by atoms with Crippen molar-refractivity contribution < 1.29 is 4.79 Å². The highest BCUT2D eigenvalue weighted by atomic mass is 32.1. The van der Waals surface area contributed by atoms with Crippen LogP contribution >= 0.6 is 11.3 Å². The van der Waals surface area contributed by atoms with Crippen LogP contribution in [0.5, 0.6) is 0 Å². The van der Waals surface area contributed by atoms with E-state index in [1.54, 1.807) is 0 Å². The molecular formula is C14H18N4O2S. The van der Waals surface area contributed by atoms with Crippen molar-refractivity contribution >= 4 is 27.5 Å². The number of aromatic amines is 1. The normalized spacial score (nSPS) is 22.5. The molecule has 6 nitrogen and oxygen atoms in total. The zero-order valence-electron chi connectivity index (χ0n) is 11.6. The van der Waals surface area contributed by atoms with E-state index in [2.05, 4.69) is 15.3 Å². The van der Waals surface area contributed by atoms with Gasteiger partial charge in [0.25, 0.3) is 5.56 Å². The summed E-state index contributed by atoms with van der Waals surface area (Å²) >= 11 is 1.40. The highest BCUT2D eigenvalue weighted by molar-refractivity contribution is 7.17. The fourth-order valence-corrected chi connectivity index (χ4v) is 3.55. The minimum atomic E-state index is -0.192. The van der Waals surface area contributed by atoms with Crippen LogP contribution < -0.4 is 16.6 Å². The Labute approximate surface area is 125 Å². The van der Waals surface area contributed by atoms with Crippen molar-refractivity contribution in [1.82, 2.24) is 15.3 Å². The predicted octanol–water partition coefficient (Wildman–Crippen LogP) is 1.12. The number of carbonyl (C=O) groups excluding carboxylic acids is 1. The van der Waals surface area contributed by atoms with Crippen molar-refractivity contribution in [3.05, 3.63) is 27.6 Å². The van der Waals surface area contributed by atoms with Crippen LogP contribution in [-0.4, -0.2) is 21.9 Å². The van der Waals surface area contributed by atoms with Crippen molar-refractivity contribution in [3.63, 3.8) is 0 Å². The van der Waals surface area contributed by atoms with Crippen LogP contribution in [0.1, 0.15) is 31.5 Å². The monoisotopic (exact) mass is 306 g/mol. The molecule has 0 spiro atoms. The molecule has 21 heavy (non-hydrogen) atoms. The Hall–Kier alpha value is -1.73. The number of primary amides is 1. The molecule has 2 aromatic rings. The average Bonchev–Trinajstić information content (AvgIpc) is 2.94. The molecule has 1 amide bonds. The van der Waals surface area contributed by atoms with E-state index in [0.717, 1.165) is 31.2 Å². The molecule has 0 bridgehead atoms. The number of thiophene rings is 1. The van der Waals surface area contributed by atoms with E-state index in [1.807, 2.05) is 11.4 Å². The largest absolute Gasteiger partial charge is 0.369 e. The van der Waals surface area contributed by atoms with Gasteiger partial charge in [-0.2, -0.15) is 0 Å². The Bertz CT molecular complexity index is 700. The van der Waals surface area contributed by atoms with Crippen molar-refractivity contribution in [3.8, 4) is 0 Å². The lowest BCUT2D eigenvalue weighted by atomic mass is 9.85. The van der Waals surface area contributed by atoms with E-state index in [1.165, 1.54) is 11.3 Å². The molecule has 1 aliphatic carbocycles. The topological polar surface area (TPSA) is 101 Å². The average molecular weight is 306 g/mol. The Balaban J connectivity index is 1.60. The third-order valence-corrected chi connectivity index (χ3v) is 4.95. The van der Waals surface area contributed by atoms with Gasteiger partial charge >= 0.3 is 0 Å². The molecule has 0 aromatic carbocycles. The first-order valence-corrected chi connectivity index (χ1v) is 8.00. The molecule has 0 radical (unpaired) electrons. The number of fused-ring (bicyclic) bond motifs is 1. The summed E-state index contributed by atoms with van der Waals surface area (Å²) in [5.74, 6) is 0.480. The zero-order valence-corrected chi connectivity index (χ0v) is 12.4. The Morgan fingerprint density at radius 2 is 2.19 bits per heavy atom. The number of nitrogens with one attached hydrogen (secondary N) is 2. The fourth-order valence-electron chi connectivity index (χ4n) is 2.83. The number of carbonyl (C=O) groups is 1. The van der Waals surface area contributed by atoms with Crippen LogP contribution in [0.4, 0.5) is 0 Å². The maximum Gasteiger partial charge on any atom is 0.268 e. The highest BCUT2D eigenvalue weighted by Gasteiger charge is 2.24. The summed E-state index contributed by atoms with van der Waals surface area (Å²) in [6, 6.07) is 2.21. The first kappa shape index (κ1) is 14.2. The van der Waals surface area contributed by atoms with Gasteiger partial charge in [-0.3, -0.25) is 9.59 Å². The number of H-pyrrole nitrogens is 1. The Kier molecular flexibility index (Phi) is 4.03. The first-order chi connectivity index (χ1) is 10.1. The van der Waals surface area contributed by atoms with Crippen molar-refractivity contribution in [2.75, 3.05) is 0 Å². The lowest BCUT2D eigenvalue weighted by Gasteiger charge is -2.27. The summed E-state index contributed by atoms with van der Waals surface area (Å²) in [4.78, 5) is 30.2. The van der Waals surface area contributed by atoms with Gasteiger partial charge in [-0.1, -0.05) is 0 Å². The smallest absolute Gasteiger partial charge is 0.268 e. The lowest BCUT2D eigenvalue weighted by Crippen LogP contribution is -2.36. The molecule has 1 saturated carbocycles. The number of rotatable bonds is 4. The van der Waals surface area contributed by atoms with Gasteiger partial charge in [0.05, 0.1) is 12.1 Å². The second-order valence-electron chi connectivity index (χ2n) is 5.48. The molecule has 112 valence electrons. The first-order valence-electron chi connectivity index (χ1n) is 7.12. The molecule has 7 heteroatoms. The van der Waals surface area contributed by atoms with Gasteiger partial charge in [0.15, 0.2) is 0 Å². The van der Waals surface area contributed by atoms with E-state index in [4.69, 9.17) is 5.73 Å². The Morgan fingerprint density at radius 1 is 1.43 bits per heavy atom. The standard InChI is InChI=1S/C14H18N4O2S/c15-13(19)8-1-3-9(4-2-8)16-7-11-17-10-5-6-21-12(10)14(20)18-11/h5-6,8-9,16H,1-4,7H2,(H2,15,19)(H,17,18,20). The number of hydrogen-bond donors (Lipinski definition) is 3. The summed E-state index contributed by atoms with van der Waals surface area (Å²) < 4.78 is 0.667. The predicted molar refractivity (Wildman–Crippen MR) is 82.0 cm³/mol. The zero-order chi connectivity index (χ0) is 14.8. The molecular weight excluding hydrogens is 288 g/mol. The number of nitrogens with two attached hydrogens (primary N) is 1. The van der Waals surface area contributed by atoms with Crippen LogP contribution in [0.15, 0.2) is 16.2 Å². The SMILES string of the molecule is NC(=O)C1CCC(NCc2nc3ccsc3c(=O)[nH]2)CC1. The van der Waals surface area contributed by atoms with Crippen molar-refractivity contribution in [2.45, 2.75) is 38.3 Å².